The van der Waals surface area contributed by atoms with Crippen LogP contribution in [-0.4, -0.2) is 25.8 Å². The molecular formula is C13H16N4O2. The third kappa shape index (κ3) is 2.57. The molecular weight excluding hydrogens is 244 g/mol. The fourth-order valence-corrected chi connectivity index (χ4v) is 1.98. The number of carbonyl (C=O) groups is 1. The fourth-order valence-electron chi connectivity index (χ4n) is 1.98. The Labute approximate surface area is 111 Å². The van der Waals surface area contributed by atoms with E-state index in [0.29, 0.717) is 12.2 Å². The highest BCUT2D eigenvalue weighted by molar-refractivity contribution is 5.93. The van der Waals surface area contributed by atoms with Crippen LogP contribution >= 0.6 is 0 Å². The standard InChI is InChI=1S/C13H16N4O2/c1-8-11(9(2)17(3)16-8)6-15-12-7-14-5-4-10(12)13(18)19/h4-5,7,15H,6H2,1-3H3,(H,18,19). The SMILES string of the molecule is Cc1nn(C)c(C)c1CNc1cnccc1C(=O)O. The fraction of sp³-hybridized carbons (Fsp3) is 0.308. The normalized spacial score (nSPS) is 10.5. The molecule has 0 aromatic carbocycles. The average molecular weight is 260 g/mol. The molecule has 0 saturated heterocycles. The maximum atomic E-state index is 11.1. The summed E-state index contributed by atoms with van der Waals surface area (Å²) in [5.41, 5.74) is 3.80. The molecule has 0 amide bonds. The first kappa shape index (κ1) is 13.1. The van der Waals surface area contributed by atoms with Gasteiger partial charge in [0.05, 0.1) is 23.1 Å². The molecule has 6 heteroatoms. The Balaban J connectivity index is 2.22. The van der Waals surface area contributed by atoms with E-state index in [9.17, 15) is 4.79 Å². The maximum absolute atomic E-state index is 11.1. The first-order chi connectivity index (χ1) is 9.00. The van der Waals surface area contributed by atoms with E-state index in [-0.39, 0.29) is 5.56 Å². The molecule has 0 bridgehead atoms. The minimum atomic E-state index is -0.968. The van der Waals surface area contributed by atoms with Crippen molar-refractivity contribution in [2.45, 2.75) is 20.4 Å². The quantitative estimate of drug-likeness (QED) is 0.875. The number of pyridine rings is 1. The Morgan fingerprint density at radius 3 is 2.79 bits per heavy atom. The zero-order valence-corrected chi connectivity index (χ0v) is 11.1. The molecule has 2 heterocycles. The van der Waals surface area contributed by atoms with Gasteiger partial charge in [0, 0.05) is 31.0 Å². The second-order valence-corrected chi connectivity index (χ2v) is 4.35. The molecule has 0 radical (unpaired) electrons. The number of anilines is 1. The molecule has 2 rings (SSSR count). The Morgan fingerprint density at radius 1 is 1.47 bits per heavy atom. The third-order valence-electron chi connectivity index (χ3n) is 3.17. The molecule has 2 N–H and O–H groups in total. The van der Waals surface area contributed by atoms with Gasteiger partial charge < -0.3 is 10.4 Å². The van der Waals surface area contributed by atoms with E-state index in [0.717, 1.165) is 17.0 Å². The number of hydrogen-bond acceptors (Lipinski definition) is 4. The van der Waals surface area contributed by atoms with Gasteiger partial charge in [-0.25, -0.2) is 4.79 Å². The van der Waals surface area contributed by atoms with Crippen molar-refractivity contribution >= 4 is 11.7 Å². The minimum absolute atomic E-state index is 0.217. The minimum Gasteiger partial charge on any atom is -0.478 e. The van der Waals surface area contributed by atoms with Gasteiger partial charge in [0.2, 0.25) is 0 Å². The van der Waals surface area contributed by atoms with Crippen molar-refractivity contribution in [3.8, 4) is 0 Å². The van der Waals surface area contributed by atoms with Gasteiger partial charge in [-0.2, -0.15) is 5.10 Å². The number of carboxylic acids is 1. The molecule has 2 aromatic heterocycles. The van der Waals surface area contributed by atoms with Crippen molar-refractivity contribution in [3.63, 3.8) is 0 Å². The average Bonchev–Trinajstić information content (AvgIpc) is 2.61. The van der Waals surface area contributed by atoms with Crippen molar-refractivity contribution in [1.82, 2.24) is 14.8 Å². The van der Waals surface area contributed by atoms with Gasteiger partial charge in [-0.05, 0) is 19.9 Å². The van der Waals surface area contributed by atoms with E-state index in [2.05, 4.69) is 15.4 Å². The predicted octanol–water partition coefficient (Wildman–Crippen LogP) is 1.74. The van der Waals surface area contributed by atoms with Gasteiger partial charge in [0.15, 0.2) is 0 Å². The van der Waals surface area contributed by atoms with Gasteiger partial charge in [-0.1, -0.05) is 0 Å². The smallest absolute Gasteiger partial charge is 0.337 e. The number of aromatic carboxylic acids is 1. The summed E-state index contributed by atoms with van der Waals surface area (Å²) in [6.45, 7) is 4.45. The van der Waals surface area contributed by atoms with Crippen molar-refractivity contribution < 1.29 is 9.90 Å². The molecule has 0 saturated carbocycles. The predicted molar refractivity (Wildman–Crippen MR) is 71.2 cm³/mol. The number of nitrogens with zero attached hydrogens (tertiary/aromatic N) is 3. The van der Waals surface area contributed by atoms with E-state index in [1.165, 1.54) is 18.5 Å². The summed E-state index contributed by atoms with van der Waals surface area (Å²) in [7, 11) is 1.89. The monoisotopic (exact) mass is 260 g/mol. The van der Waals surface area contributed by atoms with E-state index < -0.39 is 5.97 Å². The highest BCUT2D eigenvalue weighted by atomic mass is 16.4. The number of aryl methyl sites for hydroxylation is 2. The zero-order valence-electron chi connectivity index (χ0n) is 11.1. The highest BCUT2D eigenvalue weighted by Crippen LogP contribution is 2.17. The molecule has 0 fully saturated rings. The molecule has 6 nitrogen and oxygen atoms in total. The van der Waals surface area contributed by atoms with Crippen LogP contribution in [0, 0.1) is 13.8 Å². The third-order valence-corrected chi connectivity index (χ3v) is 3.17. The van der Waals surface area contributed by atoms with Crippen LogP contribution in [0.5, 0.6) is 0 Å². The van der Waals surface area contributed by atoms with Crippen LogP contribution in [0.3, 0.4) is 0 Å². The summed E-state index contributed by atoms with van der Waals surface area (Å²) in [6, 6.07) is 1.48. The van der Waals surface area contributed by atoms with Gasteiger partial charge in [-0.15, -0.1) is 0 Å². The van der Waals surface area contributed by atoms with E-state index >= 15 is 0 Å². The summed E-state index contributed by atoms with van der Waals surface area (Å²) in [4.78, 5) is 15.0. The van der Waals surface area contributed by atoms with Gasteiger partial charge in [-0.3, -0.25) is 9.67 Å². The Hall–Kier alpha value is -2.37. The lowest BCUT2D eigenvalue weighted by molar-refractivity contribution is 0.0698. The molecule has 0 aliphatic carbocycles. The lowest BCUT2D eigenvalue weighted by atomic mass is 10.2. The van der Waals surface area contributed by atoms with Crippen LogP contribution in [-0.2, 0) is 13.6 Å². The Bertz CT molecular complexity index is 619. The van der Waals surface area contributed by atoms with E-state index in [1.54, 1.807) is 0 Å². The largest absolute Gasteiger partial charge is 0.478 e. The number of carboxylic acid groups (broad SMARTS) is 1. The number of aromatic nitrogens is 3. The molecule has 0 unspecified atom stereocenters. The summed E-state index contributed by atoms with van der Waals surface area (Å²) < 4.78 is 1.81. The first-order valence-corrected chi connectivity index (χ1v) is 5.91. The van der Waals surface area contributed by atoms with Crippen LogP contribution in [0.2, 0.25) is 0 Å². The van der Waals surface area contributed by atoms with Crippen molar-refractivity contribution in [2.75, 3.05) is 5.32 Å². The first-order valence-electron chi connectivity index (χ1n) is 5.91. The second-order valence-electron chi connectivity index (χ2n) is 4.35. The van der Waals surface area contributed by atoms with Crippen LogP contribution in [0.4, 0.5) is 5.69 Å². The van der Waals surface area contributed by atoms with Gasteiger partial charge in [0.25, 0.3) is 0 Å². The topological polar surface area (TPSA) is 80.0 Å². The van der Waals surface area contributed by atoms with Gasteiger partial charge >= 0.3 is 5.97 Å². The molecule has 2 aromatic rings. The molecule has 0 aliphatic rings. The Morgan fingerprint density at radius 2 is 2.21 bits per heavy atom. The summed E-state index contributed by atoms with van der Waals surface area (Å²) in [6.07, 6.45) is 2.99. The lowest BCUT2D eigenvalue weighted by Gasteiger charge is -2.09. The molecule has 100 valence electrons. The molecule has 0 aliphatic heterocycles. The lowest BCUT2D eigenvalue weighted by Crippen LogP contribution is -2.08. The van der Waals surface area contributed by atoms with Crippen molar-refractivity contribution in [2.24, 2.45) is 7.05 Å². The maximum Gasteiger partial charge on any atom is 0.337 e. The van der Waals surface area contributed by atoms with Crippen LogP contribution in [0.15, 0.2) is 18.5 Å². The Kier molecular flexibility index (Phi) is 3.50. The van der Waals surface area contributed by atoms with Gasteiger partial charge in [0.1, 0.15) is 0 Å². The molecule has 19 heavy (non-hydrogen) atoms. The zero-order chi connectivity index (χ0) is 14.0. The van der Waals surface area contributed by atoms with Crippen molar-refractivity contribution in [1.29, 1.82) is 0 Å². The number of rotatable bonds is 4. The van der Waals surface area contributed by atoms with Crippen LogP contribution < -0.4 is 5.32 Å². The molecule has 0 atom stereocenters. The van der Waals surface area contributed by atoms with Crippen molar-refractivity contribution in [3.05, 3.63) is 41.0 Å². The second kappa shape index (κ2) is 5.09. The van der Waals surface area contributed by atoms with E-state index in [4.69, 9.17) is 5.11 Å². The molecule has 0 spiro atoms. The van der Waals surface area contributed by atoms with Crippen LogP contribution in [0.1, 0.15) is 27.3 Å². The number of nitrogens with one attached hydrogen (secondary N) is 1. The summed E-state index contributed by atoms with van der Waals surface area (Å²) >= 11 is 0. The van der Waals surface area contributed by atoms with E-state index in [1.807, 2.05) is 25.6 Å². The summed E-state index contributed by atoms with van der Waals surface area (Å²) in [5.74, 6) is -0.968. The van der Waals surface area contributed by atoms with Crippen LogP contribution in [0.25, 0.3) is 0 Å². The number of hydrogen-bond donors (Lipinski definition) is 2. The highest BCUT2D eigenvalue weighted by Gasteiger charge is 2.12. The summed E-state index contributed by atoms with van der Waals surface area (Å²) in [5, 5.41) is 16.5.